The second-order valence-corrected chi connectivity index (χ2v) is 7.42. The van der Waals surface area contributed by atoms with E-state index in [0.717, 1.165) is 36.6 Å². The second kappa shape index (κ2) is 7.20. The molecule has 5 heteroatoms. The highest BCUT2D eigenvalue weighted by atomic mass is 32.1. The Labute approximate surface area is 130 Å². The van der Waals surface area contributed by atoms with Gasteiger partial charge >= 0.3 is 0 Å². The lowest BCUT2D eigenvalue weighted by atomic mass is 9.96. The summed E-state index contributed by atoms with van der Waals surface area (Å²) < 4.78 is 5.57. The highest BCUT2D eigenvalue weighted by Crippen LogP contribution is 2.24. The van der Waals surface area contributed by atoms with Gasteiger partial charge < -0.3 is 9.52 Å². The zero-order chi connectivity index (χ0) is 15.3. The normalized spacial score (nSPS) is 12.2. The summed E-state index contributed by atoms with van der Waals surface area (Å²) in [5.74, 6) is 0.692. The molecule has 0 bridgehead atoms. The van der Waals surface area contributed by atoms with Crippen LogP contribution in [0.1, 0.15) is 32.9 Å². The molecule has 0 atom stereocenters. The fourth-order valence-electron chi connectivity index (χ4n) is 2.30. The van der Waals surface area contributed by atoms with Crippen LogP contribution in [-0.4, -0.2) is 34.7 Å². The number of oxazole rings is 1. The van der Waals surface area contributed by atoms with Crippen LogP contribution in [0, 0.1) is 5.41 Å². The molecule has 21 heavy (non-hydrogen) atoms. The van der Waals surface area contributed by atoms with Crippen LogP contribution in [0.5, 0.6) is 0 Å². The largest absolute Gasteiger partial charge is 0.444 e. The lowest BCUT2D eigenvalue weighted by Crippen LogP contribution is -2.33. The number of aliphatic hydroxyl groups is 1. The topological polar surface area (TPSA) is 49.5 Å². The Kier molecular flexibility index (Phi) is 5.56. The van der Waals surface area contributed by atoms with E-state index < -0.39 is 0 Å². The second-order valence-electron chi connectivity index (χ2n) is 6.47. The van der Waals surface area contributed by atoms with Gasteiger partial charge in [0.15, 0.2) is 0 Å². The smallest absolute Gasteiger partial charge is 0.236 e. The molecular formula is C16H24N2O2S. The zero-order valence-electron chi connectivity index (χ0n) is 13.0. The summed E-state index contributed by atoms with van der Waals surface area (Å²) in [4.78, 5) is 7.95. The van der Waals surface area contributed by atoms with Crippen LogP contribution in [0.3, 0.4) is 0 Å². The molecule has 1 N–H and O–H groups in total. The van der Waals surface area contributed by atoms with Crippen molar-refractivity contribution in [3.8, 4) is 10.8 Å². The predicted molar refractivity (Wildman–Crippen MR) is 86.3 cm³/mol. The van der Waals surface area contributed by atoms with Crippen molar-refractivity contribution in [2.24, 2.45) is 5.41 Å². The molecule has 0 amide bonds. The Morgan fingerprint density at radius 1 is 1.38 bits per heavy atom. The molecule has 0 radical (unpaired) electrons. The molecule has 116 valence electrons. The molecule has 2 aromatic heterocycles. The number of hydrogen-bond acceptors (Lipinski definition) is 5. The van der Waals surface area contributed by atoms with E-state index in [1.54, 1.807) is 17.6 Å². The Morgan fingerprint density at radius 2 is 2.19 bits per heavy atom. The molecule has 0 unspecified atom stereocenters. The fraction of sp³-hybridized carbons (Fsp3) is 0.562. The molecule has 2 rings (SSSR count). The third kappa shape index (κ3) is 5.26. The van der Waals surface area contributed by atoms with E-state index >= 15 is 0 Å². The number of hydrogen-bond donors (Lipinski definition) is 1. The maximum Gasteiger partial charge on any atom is 0.236 e. The lowest BCUT2D eigenvalue weighted by Gasteiger charge is -2.29. The number of aliphatic hydroxyl groups excluding tert-OH is 1. The average Bonchev–Trinajstić information content (AvgIpc) is 3.04. The van der Waals surface area contributed by atoms with Crippen molar-refractivity contribution in [2.75, 3.05) is 19.7 Å². The molecule has 0 spiro atoms. The summed E-state index contributed by atoms with van der Waals surface area (Å²) in [6, 6.07) is 4.01. The van der Waals surface area contributed by atoms with Gasteiger partial charge in [0.1, 0.15) is 6.26 Å². The van der Waals surface area contributed by atoms with Crippen LogP contribution in [0.4, 0.5) is 0 Å². The number of aromatic nitrogens is 1. The van der Waals surface area contributed by atoms with Crippen LogP contribution in [-0.2, 0) is 6.54 Å². The van der Waals surface area contributed by atoms with Gasteiger partial charge in [-0.05, 0) is 23.3 Å². The van der Waals surface area contributed by atoms with E-state index in [-0.39, 0.29) is 12.0 Å². The Bertz CT molecular complexity index is 529. The monoisotopic (exact) mass is 308 g/mol. The third-order valence-electron chi connectivity index (χ3n) is 3.00. The summed E-state index contributed by atoms with van der Waals surface area (Å²) >= 11 is 1.63. The summed E-state index contributed by atoms with van der Waals surface area (Å²) in [6.07, 6.45) is 2.52. The molecule has 0 aliphatic rings. The molecule has 0 aromatic carbocycles. The number of nitrogens with zero attached hydrogens (tertiary/aromatic N) is 2. The fourth-order valence-corrected chi connectivity index (χ4v) is 2.96. The minimum Gasteiger partial charge on any atom is -0.444 e. The van der Waals surface area contributed by atoms with Crippen LogP contribution in [0.25, 0.3) is 10.8 Å². The quantitative estimate of drug-likeness (QED) is 0.848. The molecule has 2 heterocycles. The summed E-state index contributed by atoms with van der Waals surface area (Å²) in [6.45, 7) is 9.48. The zero-order valence-corrected chi connectivity index (χ0v) is 13.8. The molecule has 0 saturated heterocycles. The summed E-state index contributed by atoms with van der Waals surface area (Å²) in [7, 11) is 0. The van der Waals surface area contributed by atoms with Gasteiger partial charge in [-0.1, -0.05) is 26.8 Å². The van der Waals surface area contributed by atoms with Crippen molar-refractivity contribution in [1.82, 2.24) is 9.88 Å². The van der Waals surface area contributed by atoms with Gasteiger partial charge in [-0.15, -0.1) is 11.3 Å². The first-order valence-corrected chi connectivity index (χ1v) is 8.17. The van der Waals surface area contributed by atoms with Crippen molar-refractivity contribution < 1.29 is 9.52 Å². The van der Waals surface area contributed by atoms with Gasteiger partial charge in [0.25, 0.3) is 0 Å². The van der Waals surface area contributed by atoms with Crippen molar-refractivity contribution >= 4 is 11.3 Å². The first kappa shape index (κ1) is 16.2. The van der Waals surface area contributed by atoms with Gasteiger partial charge in [-0.25, -0.2) is 4.98 Å². The molecule has 4 nitrogen and oxygen atoms in total. The number of rotatable bonds is 7. The van der Waals surface area contributed by atoms with Crippen molar-refractivity contribution in [3.63, 3.8) is 0 Å². The van der Waals surface area contributed by atoms with Crippen molar-refractivity contribution in [2.45, 2.75) is 33.7 Å². The highest BCUT2D eigenvalue weighted by Gasteiger charge is 2.18. The van der Waals surface area contributed by atoms with E-state index in [2.05, 4.69) is 30.7 Å². The molecule has 0 saturated carbocycles. The number of thiophene rings is 1. The van der Waals surface area contributed by atoms with Crippen molar-refractivity contribution in [1.29, 1.82) is 0 Å². The van der Waals surface area contributed by atoms with Gasteiger partial charge in [0, 0.05) is 26.2 Å². The first-order valence-electron chi connectivity index (χ1n) is 7.29. The molecule has 0 aliphatic carbocycles. The molecule has 0 fully saturated rings. The summed E-state index contributed by atoms with van der Waals surface area (Å²) in [5, 5.41) is 11.1. The van der Waals surface area contributed by atoms with E-state index in [4.69, 9.17) is 9.52 Å². The van der Waals surface area contributed by atoms with E-state index in [1.807, 2.05) is 17.5 Å². The SMILES string of the molecule is CC(C)(C)CN(CCCO)Cc1coc(-c2cccs2)n1. The van der Waals surface area contributed by atoms with Gasteiger partial charge in [0.05, 0.1) is 10.6 Å². The Morgan fingerprint density at radius 3 is 2.81 bits per heavy atom. The van der Waals surface area contributed by atoms with Gasteiger partial charge in [-0.2, -0.15) is 0 Å². The van der Waals surface area contributed by atoms with Crippen molar-refractivity contribution in [3.05, 3.63) is 29.5 Å². The van der Waals surface area contributed by atoms with Gasteiger partial charge in [0.2, 0.25) is 5.89 Å². The Balaban J connectivity index is 2.02. The molecule has 2 aromatic rings. The van der Waals surface area contributed by atoms with Gasteiger partial charge in [-0.3, -0.25) is 4.90 Å². The lowest BCUT2D eigenvalue weighted by molar-refractivity contribution is 0.164. The van der Waals surface area contributed by atoms with E-state index in [9.17, 15) is 0 Å². The molecular weight excluding hydrogens is 284 g/mol. The standard InChI is InChI=1S/C16H24N2O2S/c1-16(2,3)12-18(7-5-8-19)10-13-11-20-15(17-13)14-6-4-9-21-14/h4,6,9,11,19H,5,7-8,10,12H2,1-3H3. The predicted octanol–water partition coefficient (Wildman–Crippen LogP) is 3.63. The highest BCUT2D eigenvalue weighted by molar-refractivity contribution is 7.13. The maximum absolute atomic E-state index is 9.05. The van der Waals surface area contributed by atoms with E-state index in [0.29, 0.717) is 5.89 Å². The summed E-state index contributed by atoms with van der Waals surface area (Å²) in [5.41, 5.74) is 1.16. The van der Waals surface area contributed by atoms with Crippen LogP contribution in [0.2, 0.25) is 0 Å². The average molecular weight is 308 g/mol. The molecule has 0 aliphatic heterocycles. The van der Waals surface area contributed by atoms with Crippen LogP contribution < -0.4 is 0 Å². The maximum atomic E-state index is 9.05. The Hall–Kier alpha value is -1.17. The van der Waals surface area contributed by atoms with E-state index in [1.165, 1.54) is 0 Å². The van der Waals surface area contributed by atoms with Crippen LogP contribution in [0.15, 0.2) is 28.2 Å². The minimum atomic E-state index is 0.218. The first-order chi connectivity index (χ1) is 9.98. The minimum absolute atomic E-state index is 0.218. The van der Waals surface area contributed by atoms with Crippen LogP contribution >= 0.6 is 11.3 Å². The third-order valence-corrected chi connectivity index (χ3v) is 3.86.